The lowest BCUT2D eigenvalue weighted by molar-refractivity contribution is 0.600. The van der Waals surface area contributed by atoms with Crippen LogP contribution in [-0.2, 0) is 0 Å². The second kappa shape index (κ2) is 8.01. The average molecular weight is 408 g/mol. The summed E-state index contributed by atoms with van der Waals surface area (Å²) in [5.74, 6) is 0.296. The van der Waals surface area contributed by atoms with Crippen molar-refractivity contribution in [1.29, 1.82) is 0 Å². The number of fused-ring (bicyclic) bond motifs is 1. The van der Waals surface area contributed by atoms with E-state index >= 15 is 0 Å². The Kier molecular flexibility index (Phi) is 5.27. The first kappa shape index (κ1) is 19.1. The van der Waals surface area contributed by atoms with Crippen LogP contribution in [0.25, 0.3) is 22.0 Å². The fourth-order valence-electron chi connectivity index (χ4n) is 3.22. The topological polar surface area (TPSA) is 62.7 Å². The Morgan fingerprint density at radius 2 is 1.72 bits per heavy atom. The number of aromatic nitrogens is 3. The van der Waals surface area contributed by atoms with Crippen molar-refractivity contribution in [2.24, 2.45) is 0 Å². The smallest absolute Gasteiger partial charge is 0.222 e. The van der Waals surface area contributed by atoms with Crippen LogP contribution in [0.4, 0.5) is 16.0 Å². The van der Waals surface area contributed by atoms with Gasteiger partial charge in [0.1, 0.15) is 5.82 Å². The summed E-state index contributed by atoms with van der Waals surface area (Å²) in [6.07, 6.45) is 5.12. The largest absolute Gasteiger partial charge is 0.377 e. The molecule has 29 heavy (non-hydrogen) atoms. The van der Waals surface area contributed by atoms with Gasteiger partial charge in [-0.15, -0.1) is 0 Å². The molecule has 5 nitrogen and oxygen atoms in total. The molecule has 2 heterocycles. The third kappa shape index (κ3) is 3.84. The lowest BCUT2D eigenvalue weighted by Crippen LogP contribution is -2.09. The van der Waals surface area contributed by atoms with Crippen LogP contribution in [0.5, 0.6) is 0 Å². The molecule has 2 N–H and O–H groups in total. The zero-order valence-corrected chi connectivity index (χ0v) is 16.7. The first-order valence-corrected chi connectivity index (χ1v) is 9.54. The van der Waals surface area contributed by atoms with Gasteiger partial charge in [0.05, 0.1) is 22.3 Å². The molecule has 1 atom stereocenters. The maximum atomic E-state index is 14.2. The van der Waals surface area contributed by atoms with Crippen molar-refractivity contribution in [3.8, 4) is 11.1 Å². The van der Waals surface area contributed by atoms with E-state index in [4.69, 9.17) is 11.6 Å². The van der Waals surface area contributed by atoms with Gasteiger partial charge in [-0.05, 0) is 30.7 Å². The normalized spacial score (nSPS) is 12.0. The van der Waals surface area contributed by atoms with Crippen molar-refractivity contribution in [2.45, 2.75) is 13.0 Å². The van der Waals surface area contributed by atoms with Gasteiger partial charge >= 0.3 is 0 Å². The molecule has 146 valence electrons. The molecule has 0 radical (unpaired) electrons. The van der Waals surface area contributed by atoms with Gasteiger partial charge in [0.15, 0.2) is 0 Å². The van der Waals surface area contributed by atoms with Gasteiger partial charge in [-0.2, -0.15) is 0 Å². The maximum Gasteiger partial charge on any atom is 0.222 e. The first-order chi connectivity index (χ1) is 14.1. The maximum absolute atomic E-state index is 14.2. The molecule has 0 spiro atoms. The van der Waals surface area contributed by atoms with Crippen molar-refractivity contribution in [3.63, 3.8) is 0 Å². The van der Waals surface area contributed by atoms with Crippen LogP contribution >= 0.6 is 11.6 Å². The van der Waals surface area contributed by atoms with Crippen molar-refractivity contribution in [2.75, 3.05) is 17.7 Å². The third-order valence-corrected chi connectivity index (χ3v) is 5.05. The van der Waals surface area contributed by atoms with Crippen LogP contribution < -0.4 is 10.6 Å². The van der Waals surface area contributed by atoms with Crippen molar-refractivity contribution >= 4 is 34.1 Å². The second-order valence-electron chi connectivity index (χ2n) is 6.65. The number of anilines is 2. The fourth-order valence-corrected chi connectivity index (χ4v) is 3.43. The molecule has 0 bridgehead atoms. The number of nitrogens with one attached hydrogen (secondary N) is 2. The molecular formula is C22H19ClFN5. The highest BCUT2D eigenvalue weighted by Gasteiger charge is 2.15. The van der Waals surface area contributed by atoms with E-state index in [0.29, 0.717) is 22.2 Å². The van der Waals surface area contributed by atoms with Gasteiger partial charge in [0, 0.05) is 42.2 Å². The number of hydrogen-bond donors (Lipinski definition) is 2. The first-order valence-electron chi connectivity index (χ1n) is 9.16. The lowest BCUT2D eigenvalue weighted by atomic mass is 10.0. The number of halogens is 2. The Morgan fingerprint density at radius 1 is 0.966 bits per heavy atom. The SMILES string of the molecule is CNc1ncc(-c2ccc3ncc(Cl)c(N[C@H](C)c4ccccc4F)c3c2)cn1. The lowest BCUT2D eigenvalue weighted by Gasteiger charge is -2.19. The molecule has 4 rings (SSSR count). The molecule has 2 aromatic carbocycles. The van der Waals surface area contributed by atoms with E-state index in [1.165, 1.54) is 6.07 Å². The van der Waals surface area contributed by atoms with E-state index < -0.39 is 0 Å². The van der Waals surface area contributed by atoms with E-state index in [-0.39, 0.29) is 11.9 Å². The molecule has 0 aliphatic heterocycles. The Morgan fingerprint density at radius 3 is 2.45 bits per heavy atom. The molecule has 0 saturated heterocycles. The molecule has 0 aliphatic carbocycles. The van der Waals surface area contributed by atoms with E-state index in [1.807, 2.05) is 31.2 Å². The fraction of sp³-hybridized carbons (Fsp3) is 0.136. The number of hydrogen-bond acceptors (Lipinski definition) is 5. The molecule has 2 aromatic heterocycles. The predicted octanol–water partition coefficient (Wildman–Crippen LogP) is 5.70. The van der Waals surface area contributed by atoms with Crippen LogP contribution in [0.1, 0.15) is 18.5 Å². The number of rotatable bonds is 5. The van der Waals surface area contributed by atoms with Gasteiger partial charge in [-0.3, -0.25) is 4.98 Å². The Bertz CT molecular complexity index is 1160. The quantitative estimate of drug-likeness (QED) is 0.444. The summed E-state index contributed by atoms with van der Waals surface area (Å²) < 4.78 is 14.2. The number of pyridine rings is 1. The summed E-state index contributed by atoms with van der Waals surface area (Å²) in [4.78, 5) is 13.0. The minimum absolute atomic E-state index is 0.260. The summed E-state index contributed by atoms with van der Waals surface area (Å²) in [5, 5.41) is 7.57. The summed E-state index contributed by atoms with van der Waals surface area (Å²) >= 11 is 6.46. The minimum atomic E-state index is -0.277. The molecule has 4 aromatic rings. The molecule has 0 saturated carbocycles. The summed E-state index contributed by atoms with van der Waals surface area (Å²) in [7, 11) is 1.77. The molecule has 7 heteroatoms. The monoisotopic (exact) mass is 407 g/mol. The Balaban J connectivity index is 1.76. The molecule has 0 amide bonds. The van der Waals surface area contributed by atoms with Crippen molar-refractivity contribution in [1.82, 2.24) is 15.0 Å². The van der Waals surface area contributed by atoms with Crippen molar-refractivity contribution in [3.05, 3.63) is 77.5 Å². The van der Waals surface area contributed by atoms with Crippen LogP contribution in [0.2, 0.25) is 5.02 Å². The predicted molar refractivity (Wildman–Crippen MR) is 116 cm³/mol. The van der Waals surface area contributed by atoms with Gasteiger partial charge in [-0.25, -0.2) is 14.4 Å². The molecular weight excluding hydrogens is 389 g/mol. The van der Waals surface area contributed by atoms with E-state index in [1.54, 1.807) is 37.8 Å². The molecule has 0 unspecified atom stereocenters. The van der Waals surface area contributed by atoms with Crippen LogP contribution in [0.3, 0.4) is 0 Å². The number of benzene rings is 2. The minimum Gasteiger partial charge on any atom is -0.377 e. The van der Waals surface area contributed by atoms with Crippen LogP contribution in [0, 0.1) is 5.82 Å². The zero-order chi connectivity index (χ0) is 20.4. The van der Waals surface area contributed by atoms with Crippen LogP contribution in [0.15, 0.2) is 61.1 Å². The second-order valence-corrected chi connectivity index (χ2v) is 7.05. The van der Waals surface area contributed by atoms with Gasteiger partial charge < -0.3 is 10.6 Å². The molecule has 0 aliphatic rings. The summed E-state index contributed by atoms with van der Waals surface area (Å²) in [6, 6.07) is 12.3. The highest BCUT2D eigenvalue weighted by Crippen LogP contribution is 2.35. The zero-order valence-electron chi connectivity index (χ0n) is 15.9. The van der Waals surface area contributed by atoms with Gasteiger partial charge in [0.25, 0.3) is 0 Å². The molecule has 0 fully saturated rings. The van der Waals surface area contributed by atoms with E-state index in [0.717, 1.165) is 22.0 Å². The standard InChI is InChI=1S/C22H19ClFN5/c1-13(16-5-3-4-6-19(16)24)29-21-17-9-14(7-8-20(17)26-12-18(21)23)15-10-27-22(25-2)28-11-15/h3-13H,1-2H3,(H,26,29)(H,25,27,28)/t13-/m1/s1. The highest BCUT2D eigenvalue weighted by molar-refractivity contribution is 6.34. The third-order valence-electron chi connectivity index (χ3n) is 4.76. The average Bonchev–Trinajstić information content (AvgIpc) is 2.75. The Labute approximate surface area is 173 Å². The van der Waals surface area contributed by atoms with Gasteiger partial charge in [-0.1, -0.05) is 35.9 Å². The summed E-state index contributed by atoms with van der Waals surface area (Å²) in [6.45, 7) is 1.90. The van der Waals surface area contributed by atoms with E-state index in [9.17, 15) is 4.39 Å². The van der Waals surface area contributed by atoms with Gasteiger partial charge in [0.2, 0.25) is 5.95 Å². The van der Waals surface area contributed by atoms with E-state index in [2.05, 4.69) is 25.6 Å². The van der Waals surface area contributed by atoms with Crippen LogP contribution in [-0.4, -0.2) is 22.0 Å². The summed E-state index contributed by atoms with van der Waals surface area (Å²) in [5.41, 5.74) is 3.88. The van der Waals surface area contributed by atoms with Crippen molar-refractivity contribution < 1.29 is 4.39 Å². The Hall–Kier alpha value is -3.25. The highest BCUT2D eigenvalue weighted by atomic mass is 35.5. The number of nitrogens with zero attached hydrogens (tertiary/aromatic N) is 3.